The van der Waals surface area contributed by atoms with Crippen LogP contribution in [0, 0.1) is 0 Å². The van der Waals surface area contributed by atoms with Crippen LogP contribution in [0.4, 0.5) is 4.79 Å². The Hall–Kier alpha value is -1.37. The molecule has 1 aliphatic heterocycles. The van der Waals surface area contributed by atoms with Crippen LogP contribution in [-0.2, 0) is 15.8 Å². The number of benzene rings is 1. The number of hydrogen-bond acceptors (Lipinski definition) is 4. The van der Waals surface area contributed by atoms with Crippen LogP contribution in [0.25, 0.3) is 0 Å². The summed E-state index contributed by atoms with van der Waals surface area (Å²) in [6, 6.07) is 9.51. The lowest BCUT2D eigenvalue weighted by molar-refractivity contribution is 0.0980. The van der Waals surface area contributed by atoms with Crippen molar-refractivity contribution in [1.29, 1.82) is 0 Å². The summed E-state index contributed by atoms with van der Waals surface area (Å²) in [4.78, 5) is 13.9. The summed E-state index contributed by atoms with van der Waals surface area (Å²) in [5.41, 5.74) is 7.19. The Balaban J connectivity index is 1.89. The zero-order valence-electron chi connectivity index (χ0n) is 15.4. The molecule has 1 aliphatic rings. The minimum Gasteiger partial charge on any atom is -0.445 e. The molecule has 2 N–H and O–H groups in total. The van der Waals surface area contributed by atoms with Crippen LogP contribution >= 0.6 is 0 Å². The molecule has 134 valence electrons. The molecule has 2 atom stereocenters. The van der Waals surface area contributed by atoms with Gasteiger partial charge in [-0.3, -0.25) is 0 Å². The van der Waals surface area contributed by atoms with Gasteiger partial charge in [0.15, 0.2) is 8.32 Å². The summed E-state index contributed by atoms with van der Waals surface area (Å²) in [6.07, 6.45) is -0.439. The Bertz CT molecular complexity index is 557. The summed E-state index contributed by atoms with van der Waals surface area (Å²) < 4.78 is 11.8. The largest absolute Gasteiger partial charge is 0.445 e. The quantitative estimate of drug-likeness (QED) is 0.846. The number of likely N-dealkylation sites (tertiary alicyclic amines) is 1. The monoisotopic (exact) mass is 350 g/mol. The van der Waals surface area contributed by atoms with Crippen LogP contribution in [0.1, 0.15) is 26.3 Å². The summed E-state index contributed by atoms with van der Waals surface area (Å²) in [6.45, 7) is 12.3. The number of nitrogens with zero attached hydrogens (tertiary/aromatic N) is 1. The van der Waals surface area contributed by atoms with Crippen molar-refractivity contribution in [3.8, 4) is 0 Å². The van der Waals surface area contributed by atoms with Crippen molar-refractivity contribution in [3.05, 3.63) is 35.9 Å². The molecule has 1 aromatic rings. The summed E-state index contributed by atoms with van der Waals surface area (Å²) in [7, 11) is -1.91. The van der Waals surface area contributed by atoms with Crippen molar-refractivity contribution >= 4 is 14.4 Å². The molecule has 0 aliphatic carbocycles. The number of carbonyl (C=O) groups is 1. The van der Waals surface area contributed by atoms with E-state index in [1.54, 1.807) is 4.90 Å². The number of nitrogens with two attached hydrogens (primary N) is 1. The van der Waals surface area contributed by atoms with Crippen molar-refractivity contribution in [2.24, 2.45) is 5.73 Å². The SMILES string of the molecule is CC(C)(C)[Si](C)(C)O[C@H]1CN(C(=O)OCc2ccccc2)C[C@H]1N. The zero-order chi connectivity index (χ0) is 18.0. The third-order valence-corrected chi connectivity index (χ3v) is 9.53. The second-order valence-electron chi connectivity index (χ2n) is 8.03. The number of amides is 1. The van der Waals surface area contributed by atoms with Gasteiger partial charge in [-0.15, -0.1) is 0 Å². The average Bonchev–Trinajstić information content (AvgIpc) is 2.85. The van der Waals surface area contributed by atoms with Crippen molar-refractivity contribution in [2.75, 3.05) is 13.1 Å². The first kappa shape index (κ1) is 19.0. The van der Waals surface area contributed by atoms with Crippen molar-refractivity contribution in [2.45, 2.75) is 57.7 Å². The molecule has 2 rings (SSSR count). The molecule has 0 radical (unpaired) electrons. The molecule has 1 fully saturated rings. The van der Waals surface area contributed by atoms with Crippen LogP contribution in [0.2, 0.25) is 18.1 Å². The van der Waals surface area contributed by atoms with Gasteiger partial charge in [0.25, 0.3) is 0 Å². The van der Waals surface area contributed by atoms with Gasteiger partial charge in [-0.05, 0) is 23.7 Å². The minimum atomic E-state index is -1.91. The standard InChI is InChI=1S/C18H30N2O3Si/c1-18(2,3)24(4,5)23-16-12-20(11-15(16)19)17(21)22-13-14-9-7-6-8-10-14/h6-10,15-16H,11-13,19H2,1-5H3/t15-,16+/m1/s1. The first-order chi connectivity index (χ1) is 11.1. The van der Waals surface area contributed by atoms with Crippen molar-refractivity contribution in [3.63, 3.8) is 0 Å². The van der Waals surface area contributed by atoms with Gasteiger partial charge in [0, 0.05) is 12.6 Å². The first-order valence-corrected chi connectivity index (χ1v) is 11.4. The Kier molecular flexibility index (Phi) is 5.73. The number of carbonyl (C=O) groups excluding carboxylic acids is 1. The van der Waals surface area contributed by atoms with Gasteiger partial charge in [-0.1, -0.05) is 51.1 Å². The first-order valence-electron chi connectivity index (χ1n) is 8.49. The van der Waals surface area contributed by atoms with E-state index in [9.17, 15) is 4.79 Å². The molecule has 5 nitrogen and oxygen atoms in total. The Morgan fingerprint density at radius 2 is 1.88 bits per heavy atom. The van der Waals surface area contributed by atoms with E-state index >= 15 is 0 Å². The van der Waals surface area contributed by atoms with E-state index in [1.165, 1.54) is 0 Å². The third-order valence-electron chi connectivity index (χ3n) is 5.02. The van der Waals surface area contributed by atoms with E-state index in [4.69, 9.17) is 14.9 Å². The van der Waals surface area contributed by atoms with E-state index in [-0.39, 0.29) is 29.9 Å². The lowest BCUT2D eigenvalue weighted by Crippen LogP contribution is -2.48. The highest BCUT2D eigenvalue weighted by molar-refractivity contribution is 6.74. The molecule has 6 heteroatoms. The average molecular weight is 351 g/mol. The minimum absolute atomic E-state index is 0.116. The maximum atomic E-state index is 12.3. The Morgan fingerprint density at radius 3 is 2.46 bits per heavy atom. The van der Waals surface area contributed by atoms with E-state index in [0.29, 0.717) is 13.1 Å². The molecule has 0 bridgehead atoms. The topological polar surface area (TPSA) is 64.8 Å². The molecule has 0 spiro atoms. The molecule has 0 unspecified atom stereocenters. The molecule has 0 saturated carbocycles. The van der Waals surface area contributed by atoms with Crippen molar-refractivity contribution < 1.29 is 14.0 Å². The lowest BCUT2D eigenvalue weighted by Gasteiger charge is -2.39. The van der Waals surface area contributed by atoms with Gasteiger partial charge in [0.2, 0.25) is 0 Å². The molecule has 0 aromatic heterocycles. The van der Waals surface area contributed by atoms with E-state index in [2.05, 4.69) is 33.9 Å². The number of hydrogen-bond donors (Lipinski definition) is 1. The fraction of sp³-hybridized carbons (Fsp3) is 0.611. The van der Waals surface area contributed by atoms with E-state index in [1.807, 2.05) is 30.3 Å². The molecule has 1 saturated heterocycles. The second kappa shape index (κ2) is 7.25. The summed E-state index contributed by atoms with van der Waals surface area (Å²) >= 11 is 0. The van der Waals surface area contributed by atoms with Crippen LogP contribution in [0.3, 0.4) is 0 Å². The number of ether oxygens (including phenoxy) is 1. The number of rotatable bonds is 4. The molecule has 1 heterocycles. The van der Waals surface area contributed by atoms with E-state index in [0.717, 1.165) is 5.56 Å². The second-order valence-corrected chi connectivity index (χ2v) is 12.8. The van der Waals surface area contributed by atoms with Gasteiger partial charge in [0.1, 0.15) is 6.61 Å². The highest BCUT2D eigenvalue weighted by Crippen LogP contribution is 2.38. The summed E-state index contributed by atoms with van der Waals surface area (Å²) in [5.74, 6) is 0. The Labute approximate surface area is 146 Å². The van der Waals surface area contributed by atoms with Gasteiger partial charge in [-0.2, -0.15) is 0 Å². The third kappa shape index (κ3) is 4.59. The normalized spacial score (nSPS) is 21.8. The summed E-state index contributed by atoms with van der Waals surface area (Å²) in [5, 5.41) is 0.119. The predicted molar refractivity (Wildman–Crippen MR) is 98.2 cm³/mol. The molecule has 24 heavy (non-hydrogen) atoms. The van der Waals surface area contributed by atoms with Crippen LogP contribution < -0.4 is 5.73 Å². The highest BCUT2D eigenvalue weighted by Gasteiger charge is 2.43. The highest BCUT2D eigenvalue weighted by atomic mass is 28.4. The molecule has 1 amide bonds. The zero-order valence-corrected chi connectivity index (χ0v) is 16.4. The Morgan fingerprint density at radius 1 is 1.25 bits per heavy atom. The van der Waals surface area contributed by atoms with Crippen LogP contribution in [0.5, 0.6) is 0 Å². The van der Waals surface area contributed by atoms with Gasteiger partial charge >= 0.3 is 6.09 Å². The maximum absolute atomic E-state index is 12.3. The van der Waals surface area contributed by atoms with Gasteiger partial charge in [-0.25, -0.2) is 4.79 Å². The molecular weight excluding hydrogens is 320 g/mol. The maximum Gasteiger partial charge on any atom is 0.410 e. The van der Waals surface area contributed by atoms with Crippen LogP contribution in [-0.4, -0.2) is 44.5 Å². The van der Waals surface area contributed by atoms with Gasteiger partial charge in [0.05, 0.1) is 12.6 Å². The fourth-order valence-corrected chi connectivity index (χ4v) is 3.80. The smallest absolute Gasteiger partial charge is 0.410 e. The predicted octanol–water partition coefficient (Wildman–Crippen LogP) is 3.36. The molecule has 1 aromatic carbocycles. The van der Waals surface area contributed by atoms with Crippen molar-refractivity contribution in [1.82, 2.24) is 4.90 Å². The lowest BCUT2D eigenvalue weighted by atomic mass is 10.2. The van der Waals surface area contributed by atoms with Gasteiger partial charge < -0.3 is 19.8 Å². The van der Waals surface area contributed by atoms with Crippen LogP contribution in [0.15, 0.2) is 30.3 Å². The molecular formula is C18H30N2O3Si. The van der Waals surface area contributed by atoms with E-state index < -0.39 is 8.32 Å². The fourth-order valence-electron chi connectivity index (χ4n) is 2.44.